The monoisotopic (exact) mass is 182 g/mol. The average Bonchev–Trinajstić information content (AvgIpc) is 2.56. The normalized spacial score (nSPS) is 12.0. The summed E-state index contributed by atoms with van der Waals surface area (Å²) in [4.78, 5) is 20.6. The maximum Gasteiger partial charge on any atom is 0.328 e. The number of nitrogens with one attached hydrogen (secondary N) is 1. The van der Waals surface area contributed by atoms with Gasteiger partial charge in [0.25, 0.3) is 0 Å². The molecule has 0 saturated carbocycles. The fraction of sp³-hybridized carbons (Fsp3) is 0.250. The minimum atomic E-state index is -1.04. The summed E-state index contributed by atoms with van der Waals surface area (Å²) in [5.74, 6) is -1.04. The molecule has 1 atom stereocenters. The number of aromatic nitrogens is 1. The Balaban J connectivity index is 2.57. The number of carboxylic acid groups (broad SMARTS) is 1. The van der Waals surface area contributed by atoms with Crippen LogP contribution in [0.2, 0.25) is 0 Å². The molecule has 0 aliphatic carbocycles. The van der Waals surface area contributed by atoms with Crippen LogP contribution in [0.1, 0.15) is 0 Å². The molecule has 0 fully saturated rings. The molecule has 0 bridgehead atoms. The second-order valence-corrected chi connectivity index (χ2v) is 2.56. The van der Waals surface area contributed by atoms with Crippen molar-refractivity contribution in [3.05, 3.63) is 24.5 Å². The summed E-state index contributed by atoms with van der Waals surface area (Å²) < 4.78 is 1.69. The van der Waals surface area contributed by atoms with Crippen LogP contribution in [0, 0.1) is 0 Å². The Kier molecular flexibility index (Phi) is 3.08. The largest absolute Gasteiger partial charge is 0.480 e. The van der Waals surface area contributed by atoms with Crippen LogP contribution in [0.4, 0.5) is 0 Å². The standard InChI is InChI=1S/C8H10N2O3/c11-6-9-7(8(12)13)5-10-3-1-2-4-10/h1-4,6-7H,5H2,(H,9,11)(H,12,13). The van der Waals surface area contributed by atoms with Gasteiger partial charge in [-0.15, -0.1) is 0 Å². The van der Waals surface area contributed by atoms with E-state index < -0.39 is 12.0 Å². The summed E-state index contributed by atoms with van der Waals surface area (Å²) in [5.41, 5.74) is 0. The molecular formula is C8H10N2O3. The molecule has 1 aromatic heterocycles. The molecule has 0 radical (unpaired) electrons. The Hall–Kier alpha value is -1.78. The predicted molar refractivity (Wildman–Crippen MR) is 45.1 cm³/mol. The van der Waals surface area contributed by atoms with E-state index in [4.69, 9.17) is 5.11 Å². The molecule has 5 nitrogen and oxygen atoms in total. The van der Waals surface area contributed by atoms with Crippen molar-refractivity contribution in [2.24, 2.45) is 0 Å². The molecule has 0 aliphatic rings. The fourth-order valence-electron chi connectivity index (χ4n) is 0.987. The maximum atomic E-state index is 10.6. The van der Waals surface area contributed by atoms with E-state index in [1.54, 1.807) is 29.1 Å². The average molecular weight is 182 g/mol. The molecule has 0 aromatic carbocycles. The maximum absolute atomic E-state index is 10.6. The summed E-state index contributed by atoms with van der Waals surface area (Å²) in [5, 5.41) is 10.9. The molecule has 1 rings (SSSR count). The van der Waals surface area contributed by atoms with Crippen LogP contribution in [0.25, 0.3) is 0 Å². The zero-order chi connectivity index (χ0) is 9.68. The third-order valence-electron chi connectivity index (χ3n) is 1.63. The van der Waals surface area contributed by atoms with E-state index in [-0.39, 0.29) is 6.54 Å². The predicted octanol–water partition coefficient (Wildman–Crippen LogP) is -0.313. The molecule has 1 unspecified atom stereocenters. The lowest BCUT2D eigenvalue weighted by Crippen LogP contribution is -2.39. The van der Waals surface area contributed by atoms with Crippen molar-refractivity contribution in [2.75, 3.05) is 0 Å². The van der Waals surface area contributed by atoms with Crippen molar-refractivity contribution in [1.82, 2.24) is 9.88 Å². The van der Waals surface area contributed by atoms with Gasteiger partial charge in [0.05, 0.1) is 6.54 Å². The highest BCUT2D eigenvalue weighted by molar-refractivity contribution is 5.76. The van der Waals surface area contributed by atoms with Crippen LogP contribution in [-0.2, 0) is 16.1 Å². The van der Waals surface area contributed by atoms with E-state index >= 15 is 0 Å². The molecule has 0 saturated heterocycles. The zero-order valence-electron chi connectivity index (χ0n) is 6.88. The van der Waals surface area contributed by atoms with E-state index in [0.29, 0.717) is 6.41 Å². The van der Waals surface area contributed by atoms with Crippen molar-refractivity contribution in [3.63, 3.8) is 0 Å². The summed E-state index contributed by atoms with van der Waals surface area (Å²) in [6.07, 6.45) is 3.87. The summed E-state index contributed by atoms with van der Waals surface area (Å²) >= 11 is 0. The minimum Gasteiger partial charge on any atom is -0.480 e. The number of carboxylic acids is 1. The molecule has 1 heterocycles. The Morgan fingerprint density at radius 1 is 1.54 bits per heavy atom. The van der Waals surface area contributed by atoms with Gasteiger partial charge in [-0.1, -0.05) is 0 Å². The lowest BCUT2D eigenvalue weighted by atomic mass is 10.3. The van der Waals surface area contributed by atoms with Gasteiger partial charge in [0.1, 0.15) is 6.04 Å². The zero-order valence-corrected chi connectivity index (χ0v) is 6.88. The highest BCUT2D eigenvalue weighted by Gasteiger charge is 2.15. The molecule has 0 spiro atoms. The van der Waals surface area contributed by atoms with Crippen LogP contribution in [0.5, 0.6) is 0 Å². The summed E-state index contributed by atoms with van der Waals surface area (Å²) in [7, 11) is 0. The SMILES string of the molecule is O=CNC(Cn1cccc1)C(=O)O. The van der Waals surface area contributed by atoms with Gasteiger partial charge in [0.2, 0.25) is 6.41 Å². The summed E-state index contributed by atoms with van der Waals surface area (Å²) in [6.45, 7) is 0.237. The Bertz CT molecular complexity index is 282. The van der Waals surface area contributed by atoms with E-state index in [9.17, 15) is 9.59 Å². The third kappa shape index (κ3) is 2.62. The van der Waals surface area contributed by atoms with Gasteiger partial charge in [0.15, 0.2) is 0 Å². The molecule has 70 valence electrons. The highest BCUT2D eigenvalue weighted by atomic mass is 16.4. The van der Waals surface area contributed by atoms with Crippen LogP contribution in [-0.4, -0.2) is 28.1 Å². The van der Waals surface area contributed by atoms with Crippen molar-refractivity contribution in [2.45, 2.75) is 12.6 Å². The van der Waals surface area contributed by atoms with Gasteiger partial charge in [-0.05, 0) is 12.1 Å². The number of carbonyl (C=O) groups excluding carboxylic acids is 1. The first-order valence-corrected chi connectivity index (χ1v) is 3.77. The number of hydrogen-bond acceptors (Lipinski definition) is 2. The molecule has 13 heavy (non-hydrogen) atoms. The Labute approximate surface area is 75.0 Å². The molecular weight excluding hydrogens is 172 g/mol. The number of hydrogen-bond donors (Lipinski definition) is 2. The van der Waals surface area contributed by atoms with Crippen molar-refractivity contribution in [3.8, 4) is 0 Å². The van der Waals surface area contributed by atoms with Gasteiger partial charge >= 0.3 is 5.97 Å². The van der Waals surface area contributed by atoms with Gasteiger partial charge in [-0.25, -0.2) is 4.79 Å². The van der Waals surface area contributed by atoms with E-state index in [2.05, 4.69) is 5.32 Å². The van der Waals surface area contributed by atoms with Crippen LogP contribution in [0.15, 0.2) is 24.5 Å². The minimum absolute atomic E-state index is 0.237. The van der Waals surface area contributed by atoms with Gasteiger partial charge in [-0.2, -0.15) is 0 Å². The molecule has 0 aliphatic heterocycles. The van der Waals surface area contributed by atoms with E-state index in [1.807, 2.05) is 0 Å². The number of carbonyl (C=O) groups is 2. The van der Waals surface area contributed by atoms with Crippen LogP contribution < -0.4 is 5.32 Å². The first kappa shape index (κ1) is 9.31. The van der Waals surface area contributed by atoms with Gasteiger partial charge < -0.3 is 15.0 Å². The van der Waals surface area contributed by atoms with E-state index in [1.165, 1.54) is 0 Å². The molecule has 2 N–H and O–H groups in total. The smallest absolute Gasteiger partial charge is 0.328 e. The van der Waals surface area contributed by atoms with Crippen molar-refractivity contribution >= 4 is 12.4 Å². The van der Waals surface area contributed by atoms with Crippen molar-refractivity contribution in [1.29, 1.82) is 0 Å². The Morgan fingerprint density at radius 2 is 2.15 bits per heavy atom. The number of rotatable bonds is 5. The van der Waals surface area contributed by atoms with Gasteiger partial charge in [-0.3, -0.25) is 4.79 Å². The quantitative estimate of drug-likeness (QED) is 0.613. The van der Waals surface area contributed by atoms with Gasteiger partial charge in [0, 0.05) is 12.4 Å². The van der Waals surface area contributed by atoms with E-state index in [0.717, 1.165) is 0 Å². The third-order valence-corrected chi connectivity index (χ3v) is 1.63. The van der Waals surface area contributed by atoms with Crippen LogP contribution >= 0.6 is 0 Å². The number of nitrogens with zero attached hydrogens (tertiary/aromatic N) is 1. The second kappa shape index (κ2) is 4.30. The topological polar surface area (TPSA) is 71.3 Å². The first-order chi connectivity index (χ1) is 6.24. The lowest BCUT2D eigenvalue weighted by Gasteiger charge is -2.11. The fourth-order valence-corrected chi connectivity index (χ4v) is 0.987. The lowest BCUT2D eigenvalue weighted by molar-refractivity contribution is -0.140. The highest BCUT2D eigenvalue weighted by Crippen LogP contribution is 1.94. The second-order valence-electron chi connectivity index (χ2n) is 2.56. The Morgan fingerprint density at radius 3 is 2.62 bits per heavy atom. The van der Waals surface area contributed by atoms with Crippen LogP contribution in [0.3, 0.4) is 0 Å². The van der Waals surface area contributed by atoms with Crippen molar-refractivity contribution < 1.29 is 14.7 Å². The molecule has 1 aromatic rings. The summed E-state index contributed by atoms with van der Waals surface area (Å²) in [6, 6.07) is 2.71. The number of amides is 1. The first-order valence-electron chi connectivity index (χ1n) is 3.77. The number of aliphatic carboxylic acids is 1. The molecule has 1 amide bonds. The molecule has 5 heteroatoms.